The molecule has 0 saturated heterocycles. The SMILES string of the molecule is CCCC(CCC)C1CC1CO. The van der Waals surface area contributed by atoms with Crippen LogP contribution in [0.4, 0.5) is 0 Å². The van der Waals surface area contributed by atoms with Gasteiger partial charge in [-0.25, -0.2) is 0 Å². The lowest BCUT2D eigenvalue weighted by Crippen LogP contribution is -2.05. The molecule has 0 aromatic heterocycles. The summed E-state index contributed by atoms with van der Waals surface area (Å²) in [5.74, 6) is 2.44. The van der Waals surface area contributed by atoms with Crippen LogP contribution in [0.2, 0.25) is 0 Å². The van der Waals surface area contributed by atoms with Gasteiger partial charge < -0.3 is 5.11 Å². The molecule has 0 spiro atoms. The van der Waals surface area contributed by atoms with Crippen LogP contribution in [0.5, 0.6) is 0 Å². The molecule has 0 aliphatic heterocycles. The van der Waals surface area contributed by atoms with Gasteiger partial charge in [0.2, 0.25) is 0 Å². The topological polar surface area (TPSA) is 20.2 Å². The molecule has 0 aromatic rings. The highest BCUT2D eigenvalue weighted by Crippen LogP contribution is 2.47. The van der Waals surface area contributed by atoms with Gasteiger partial charge in [0.15, 0.2) is 0 Å². The van der Waals surface area contributed by atoms with Gasteiger partial charge in [-0.1, -0.05) is 39.5 Å². The zero-order valence-electron chi connectivity index (χ0n) is 8.42. The summed E-state index contributed by atoms with van der Waals surface area (Å²) >= 11 is 0. The minimum Gasteiger partial charge on any atom is -0.396 e. The molecule has 72 valence electrons. The Bertz CT molecular complexity index is 116. The number of aliphatic hydroxyl groups is 1. The van der Waals surface area contributed by atoms with Crippen molar-refractivity contribution < 1.29 is 5.11 Å². The molecule has 12 heavy (non-hydrogen) atoms. The molecule has 1 saturated carbocycles. The van der Waals surface area contributed by atoms with Gasteiger partial charge >= 0.3 is 0 Å². The van der Waals surface area contributed by atoms with E-state index >= 15 is 0 Å². The first kappa shape index (κ1) is 10.0. The summed E-state index contributed by atoms with van der Waals surface area (Å²) < 4.78 is 0. The van der Waals surface area contributed by atoms with E-state index < -0.39 is 0 Å². The molecule has 1 N–H and O–H groups in total. The van der Waals surface area contributed by atoms with E-state index in [0.717, 1.165) is 11.8 Å². The number of hydrogen-bond donors (Lipinski definition) is 1. The minimum atomic E-state index is 0.425. The summed E-state index contributed by atoms with van der Waals surface area (Å²) in [6.07, 6.45) is 6.64. The van der Waals surface area contributed by atoms with Gasteiger partial charge in [0, 0.05) is 6.61 Å². The van der Waals surface area contributed by atoms with Crippen molar-refractivity contribution in [3.8, 4) is 0 Å². The van der Waals surface area contributed by atoms with Crippen LogP contribution in [-0.2, 0) is 0 Å². The zero-order chi connectivity index (χ0) is 8.97. The van der Waals surface area contributed by atoms with E-state index in [2.05, 4.69) is 13.8 Å². The largest absolute Gasteiger partial charge is 0.396 e. The maximum Gasteiger partial charge on any atom is 0.0462 e. The molecule has 1 fully saturated rings. The Kier molecular flexibility index (Phi) is 4.07. The van der Waals surface area contributed by atoms with Gasteiger partial charge in [-0.05, 0) is 24.2 Å². The molecule has 1 aliphatic rings. The summed E-state index contributed by atoms with van der Waals surface area (Å²) in [5, 5.41) is 8.96. The molecule has 0 bridgehead atoms. The van der Waals surface area contributed by atoms with Crippen molar-refractivity contribution in [3.63, 3.8) is 0 Å². The number of rotatable bonds is 6. The second-order valence-electron chi connectivity index (χ2n) is 4.18. The van der Waals surface area contributed by atoms with Crippen LogP contribution >= 0.6 is 0 Å². The van der Waals surface area contributed by atoms with Crippen LogP contribution in [0, 0.1) is 17.8 Å². The first-order chi connectivity index (χ1) is 5.83. The van der Waals surface area contributed by atoms with E-state index in [-0.39, 0.29) is 0 Å². The summed E-state index contributed by atoms with van der Waals surface area (Å²) in [5.41, 5.74) is 0. The molecular formula is C11H22O. The average Bonchev–Trinajstić information content (AvgIpc) is 2.83. The first-order valence-electron chi connectivity index (χ1n) is 5.44. The van der Waals surface area contributed by atoms with Crippen molar-refractivity contribution in [2.24, 2.45) is 17.8 Å². The molecular weight excluding hydrogens is 148 g/mol. The Balaban J connectivity index is 2.24. The van der Waals surface area contributed by atoms with Crippen molar-refractivity contribution in [2.75, 3.05) is 6.61 Å². The summed E-state index contributed by atoms with van der Waals surface area (Å²) in [7, 11) is 0. The van der Waals surface area contributed by atoms with E-state index in [0.29, 0.717) is 12.5 Å². The average molecular weight is 170 g/mol. The molecule has 1 rings (SSSR count). The number of aliphatic hydroxyl groups excluding tert-OH is 1. The van der Waals surface area contributed by atoms with Crippen LogP contribution in [0.15, 0.2) is 0 Å². The highest BCUT2D eigenvalue weighted by Gasteiger charge is 2.40. The van der Waals surface area contributed by atoms with Gasteiger partial charge in [-0.3, -0.25) is 0 Å². The molecule has 2 unspecified atom stereocenters. The normalized spacial score (nSPS) is 28.0. The lowest BCUT2D eigenvalue weighted by molar-refractivity contribution is 0.251. The Morgan fingerprint density at radius 3 is 2.17 bits per heavy atom. The van der Waals surface area contributed by atoms with E-state index in [1.54, 1.807) is 0 Å². The second kappa shape index (κ2) is 4.86. The summed E-state index contributed by atoms with van der Waals surface area (Å²) in [6, 6.07) is 0. The Morgan fingerprint density at radius 1 is 1.25 bits per heavy atom. The third-order valence-electron chi connectivity index (χ3n) is 3.14. The van der Waals surface area contributed by atoms with Gasteiger partial charge in [0.05, 0.1) is 0 Å². The third-order valence-corrected chi connectivity index (χ3v) is 3.14. The predicted octanol–water partition coefficient (Wildman–Crippen LogP) is 2.83. The van der Waals surface area contributed by atoms with E-state index in [4.69, 9.17) is 5.11 Å². The van der Waals surface area contributed by atoms with Crippen LogP contribution in [0.1, 0.15) is 46.0 Å². The fraction of sp³-hybridized carbons (Fsp3) is 1.00. The molecule has 1 aliphatic carbocycles. The molecule has 0 heterocycles. The van der Waals surface area contributed by atoms with Gasteiger partial charge in [0.1, 0.15) is 0 Å². The molecule has 1 nitrogen and oxygen atoms in total. The quantitative estimate of drug-likeness (QED) is 0.650. The van der Waals surface area contributed by atoms with Crippen molar-refractivity contribution in [2.45, 2.75) is 46.0 Å². The van der Waals surface area contributed by atoms with Crippen molar-refractivity contribution in [3.05, 3.63) is 0 Å². The summed E-state index contributed by atoms with van der Waals surface area (Å²) in [4.78, 5) is 0. The highest BCUT2D eigenvalue weighted by molar-refractivity contribution is 4.90. The monoisotopic (exact) mass is 170 g/mol. The third kappa shape index (κ3) is 2.48. The minimum absolute atomic E-state index is 0.425. The van der Waals surface area contributed by atoms with Crippen LogP contribution in [0.3, 0.4) is 0 Å². The standard InChI is InChI=1S/C11H22O/c1-3-5-9(6-4-2)11-7-10(11)8-12/h9-12H,3-8H2,1-2H3. The first-order valence-corrected chi connectivity index (χ1v) is 5.44. The van der Waals surface area contributed by atoms with E-state index in [9.17, 15) is 0 Å². The fourth-order valence-corrected chi connectivity index (χ4v) is 2.37. The van der Waals surface area contributed by atoms with Gasteiger partial charge in [-0.2, -0.15) is 0 Å². The fourth-order valence-electron chi connectivity index (χ4n) is 2.37. The highest BCUT2D eigenvalue weighted by atomic mass is 16.3. The Labute approximate surface area is 76.2 Å². The molecule has 0 aromatic carbocycles. The number of hydrogen-bond acceptors (Lipinski definition) is 1. The van der Waals surface area contributed by atoms with E-state index in [1.807, 2.05) is 0 Å². The van der Waals surface area contributed by atoms with Gasteiger partial charge in [-0.15, -0.1) is 0 Å². The van der Waals surface area contributed by atoms with Crippen LogP contribution in [-0.4, -0.2) is 11.7 Å². The Hall–Kier alpha value is -0.0400. The van der Waals surface area contributed by atoms with Gasteiger partial charge in [0.25, 0.3) is 0 Å². The second-order valence-corrected chi connectivity index (χ2v) is 4.18. The summed E-state index contributed by atoms with van der Waals surface area (Å²) in [6.45, 7) is 4.95. The molecule has 0 amide bonds. The van der Waals surface area contributed by atoms with Crippen LogP contribution in [0.25, 0.3) is 0 Å². The Morgan fingerprint density at radius 2 is 1.83 bits per heavy atom. The zero-order valence-corrected chi connectivity index (χ0v) is 8.42. The maximum absolute atomic E-state index is 8.96. The smallest absolute Gasteiger partial charge is 0.0462 e. The maximum atomic E-state index is 8.96. The molecule has 2 atom stereocenters. The molecule has 1 heteroatoms. The lowest BCUT2D eigenvalue weighted by Gasteiger charge is -2.14. The van der Waals surface area contributed by atoms with Crippen LogP contribution < -0.4 is 0 Å². The predicted molar refractivity (Wildman–Crippen MR) is 52.0 cm³/mol. The van der Waals surface area contributed by atoms with Crippen molar-refractivity contribution >= 4 is 0 Å². The lowest BCUT2D eigenvalue weighted by atomic mass is 9.92. The molecule has 0 radical (unpaired) electrons. The van der Waals surface area contributed by atoms with E-state index in [1.165, 1.54) is 32.1 Å². The van der Waals surface area contributed by atoms with Crippen molar-refractivity contribution in [1.29, 1.82) is 0 Å². The van der Waals surface area contributed by atoms with Crippen molar-refractivity contribution in [1.82, 2.24) is 0 Å².